The Morgan fingerprint density at radius 1 is 1.04 bits per heavy atom. The van der Waals surface area contributed by atoms with Crippen molar-refractivity contribution < 1.29 is 19.1 Å². The molecule has 0 heterocycles. The Hall–Kier alpha value is -1.23. The van der Waals surface area contributed by atoms with Gasteiger partial charge in [-0.05, 0) is 52.1 Å². The molecule has 1 N–H and O–H groups in total. The third-order valence-corrected chi connectivity index (χ3v) is 4.49. The standard InChI is InChI=1S/C12H22O3.C9H19NO/c1-6-11(2,3)9-12(4,5)10(14)15-8-7-13;1-3-9(11)7-5-4-6-8-10-2/h7H,6,8-9H2,1-5H3;10H,3-8H2,1-2H3. The van der Waals surface area contributed by atoms with E-state index in [1.165, 1.54) is 12.8 Å². The Morgan fingerprint density at radius 3 is 2.12 bits per heavy atom. The number of aldehydes is 1. The molecule has 0 rings (SSSR count). The van der Waals surface area contributed by atoms with Gasteiger partial charge in [-0.2, -0.15) is 0 Å². The van der Waals surface area contributed by atoms with Crippen molar-refractivity contribution in [3.63, 3.8) is 0 Å². The number of nitrogens with one attached hydrogen (secondary N) is 1. The van der Waals surface area contributed by atoms with Gasteiger partial charge in [-0.1, -0.05) is 40.5 Å². The maximum Gasteiger partial charge on any atom is 0.311 e. The molecule has 0 amide bonds. The van der Waals surface area contributed by atoms with Crippen LogP contribution in [0.25, 0.3) is 0 Å². The van der Waals surface area contributed by atoms with Crippen LogP contribution < -0.4 is 5.32 Å². The quantitative estimate of drug-likeness (QED) is 0.296. The molecule has 26 heavy (non-hydrogen) atoms. The van der Waals surface area contributed by atoms with E-state index in [4.69, 9.17) is 4.74 Å². The molecule has 0 aliphatic heterocycles. The fraction of sp³-hybridized carbons (Fsp3) is 0.857. The van der Waals surface area contributed by atoms with Crippen LogP contribution >= 0.6 is 0 Å². The molecule has 5 nitrogen and oxygen atoms in total. The van der Waals surface area contributed by atoms with Gasteiger partial charge in [-0.25, -0.2) is 0 Å². The molecular weight excluding hydrogens is 330 g/mol. The molecule has 0 aromatic rings. The summed E-state index contributed by atoms with van der Waals surface area (Å²) in [7, 11) is 1.96. The lowest BCUT2D eigenvalue weighted by Crippen LogP contribution is -2.32. The number of carbonyl (C=O) groups is 3. The van der Waals surface area contributed by atoms with Crippen LogP contribution in [-0.4, -0.2) is 38.2 Å². The molecule has 0 fully saturated rings. The van der Waals surface area contributed by atoms with Crippen LogP contribution in [-0.2, 0) is 19.1 Å². The molecule has 0 unspecified atom stereocenters. The molecule has 0 aromatic heterocycles. The van der Waals surface area contributed by atoms with Crippen LogP contribution in [0.2, 0.25) is 0 Å². The Morgan fingerprint density at radius 2 is 1.65 bits per heavy atom. The summed E-state index contributed by atoms with van der Waals surface area (Å²) < 4.78 is 4.84. The Kier molecular flexibility index (Phi) is 15.5. The minimum absolute atomic E-state index is 0.115. The summed E-state index contributed by atoms with van der Waals surface area (Å²) in [6.45, 7) is 12.9. The van der Waals surface area contributed by atoms with Crippen molar-refractivity contribution in [3.05, 3.63) is 0 Å². The van der Waals surface area contributed by atoms with Gasteiger partial charge in [0.2, 0.25) is 0 Å². The van der Waals surface area contributed by atoms with Crippen molar-refractivity contribution in [1.82, 2.24) is 5.32 Å². The Labute approximate surface area is 160 Å². The number of Topliss-reactive ketones (excluding diaryl/α,β-unsaturated/α-hetero) is 1. The van der Waals surface area contributed by atoms with Gasteiger partial charge in [0.25, 0.3) is 0 Å². The predicted octanol–water partition coefficient (Wildman–Crippen LogP) is 4.33. The van der Waals surface area contributed by atoms with Gasteiger partial charge in [0, 0.05) is 12.8 Å². The second-order valence-electron chi connectivity index (χ2n) is 8.15. The van der Waals surface area contributed by atoms with Crippen molar-refractivity contribution in [2.75, 3.05) is 20.2 Å². The molecule has 154 valence electrons. The fourth-order valence-electron chi connectivity index (χ4n) is 2.68. The van der Waals surface area contributed by atoms with Gasteiger partial charge in [0.15, 0.2) is 6.29 Å². The Bertz CT molecular complexity index is 403. The van der Waals surface area contributed by atoms with Gasteiger partial charge >= 0.3 is 5.97 Å². The van der Waals surface area contributed by atoms with E-state index in [-0.39, 0.29) is 18.0 Å². The first kappa shape index (κ1) is 27.0. The maximum absolute atomic E-state index is 11.6. The first-order valence-corrected chi connectivity index (χ1v) is 9.83. The third kappa shape index (κ3) is 15.1. The second-order valence-corrected chi connectivity index (χ2v) is 8.15. The molecule has 0 saturated carbocycles. The monoisotopic (exact) mass is 371 g/mol. The predicted molar refractivity (Wildman–Crippen MR) is 107 cm³/mol. The summed E-state index contributed by atoms with van der Waals surface area (Å²) in [5.41, 5.74) is -0.410. The average molecular weight is 372 g/mol. The maximum atomic E-state index is 11.6. The van der Waals surface area contributed by atoms with E-state index >= 15 is 0 Å². The number of rotatable bonds is 13. The summed E-state index contributed by atoms with van der Waals surface area (Å²) in [5, 5.41) is 3.08. The minimum atomic E-state index is -0.525. The SMILES string of the molecule is CCC(=O)CCCCCNC.CCC(C)(C)CC(C)(C)C(=O)OCC=O. The van der Waals surface area contributed by atoms with E-state index < -0.39 is 5.41 Å². The van der Waals surface area contributed by atoms with Crippen LogP contribution in [0.5, 0.6) is 0 Å². The number of hydrogen-bond acceptors (Lipinski definition) is 5. The van der Waals surface area contributed by atoms with Crippen molar-refractivity contribution in [2.24, 2.45) is 10.8 Å². The highest BCUT2D eigenvalue weighted by Crippen LogP contribution is 2.36. The number of unbranched alkanes of at least 4 members (excludes halogenated alkanes) is 2. The van der Waals surface area contributed by atoms with Gasteiger partial charge in [0.1, 0.15) is 12.4 Å². The summed E-state index contributed by atoms with van der Waals surface area (Å²) in [4.78, 5) is 32.6. The Balaban J connectivity index is 0. The van der Waals surface area contributed by atoms with E-state index in [9.17, 15) is 14.4 Å². The largest absolute Gasteiger partial charge is 0.458 e. The van der Waals surface area contributed by atoms with Crippen molar-refractivity contribution in [1.29, 1.82) is 0 Å². The number of hydrogen-bond donors (Lipinski definition) is 1. The van der Waals surface area contributed by atoms with E-state index in [1.54, 1.807) is 0 Å². The van der Waals surface area contributed by atoms with Gasteiger partial charge < -0.3 is 10.1 Å². The normalized spacial score (nSPS) is 11.3. The molecule has 0 bridgehead atoms. The molecule has 5 heteroatoms. The van der Waals surface area contributed by atoms with E-state index in [2.05, 4.69) is 26.1 Å². The van der Waals surface area contributed by atoms with Gasteiger partial charge in [-0.3, -0.25) is 14.4 Å². The zero-order valence-corrected chi connectivity index (χ0v) is 18.1. The second kappa shape index (κ2) is 14.9. The topological polar surface area (TPSA) is 72.5 Å². The number of ketones is 1. The summed E-state index contributed by atoms with van der Waals surface area (Å²) in [6, 6.07) is 0. The number of carbonyl (C=O) groups excluding carboxylic acids is 3. The smallest absolute Gasteiger partial charge is 0.311 e. The zero-order valence-electron chi connectivity index (χ0n) is 18.1. The first-order chi connectivity index (χ1) is 12.1. The van der Waals surface area contributed by atoms with E-state index in [0.717, 1.165) is 32.2 Å². The van der Waals surface area contributed by atoms with E-state index in [1.807, 2.05) is 27.8 Å². The lowest BCUT2D eigenvalue weighted by molar-refractivity contribution is -0.156. The lowest BCUT2D eigenvalue weighted by atomic mass is 9.74. The molecule has 0 spiro atoms. The fourth-order valence-corrected chi connectivity index (χ4v) is 2.68. The number of ether oxygens (including phenoxy) is 1. The van der Waals surface area contributed by atoms with Crippen LogP contribution in [0.15, 0.2) is 0 Å². The molecule has 0 atom stereocenters. The zero-order chi connectivity index (χ0) is 20.6. The van der Waals surface area contributed by atoms with Crippen LogP contribution in [0, 0.1) is 10.8 Å². The molecule has 0 saturated heterocycles. The summed E-state index contributed by atoms with van der Waals surface area (Å²) >= 11 is 0. The van der Waals surface area contributed by atoms with Crippen molar-refractivity contribution in [2.45, 2.75) is 86.5 Å². The molecule has 0 aliphatic carbocycles. The third-order valence-electron chi connectivity index (χ3n) is 4.49. The molecule has 0 radical (unpaired) electrons. The van der Waals surface area contributed by atoms with Crippen LogP contribution in [0.1, 0.15) is 86.5 Å². The van der Waals surface area contributed by atoms with Crippen molar-refractivity contribution >= 4 is 18.0 Å². The summed E-state index contributed by atoms with van der Waals surface area (Å²) in [5.74, 6) is 0.102. The molecule has 0 aliphatic rings. The molecule has 0 aromatic carbocycles. The highest BCUT2D eigenvalue weighted by atomic mass is 16.5. The molecular formula is C21H41NO4. The average Bonchev–Trinajstić information content (AvgIpc) is 2.58. The van der Waals surface area contributed by atoms with Gasteiger partial charge in [0.05, 0.1) is 5.41 Å². The van der Waals surface area contributed by atoms with Crippen LogP contribution in [0.3, 0.4) is 0 Å². The van der Waals surface area contributed by atoms with Gasteiger partial charge in [-0.15, -0.1) is 0 Å². The first-order valence-electron chi connectivity index (χ1n) is 9.83. The number of esters is 1. The lowest BCUT2D eigenvalue weighted by Gasteiger charge is -2.32. The van der Waals surface area contributed by atoms with E-state index in [0.29, 0.717) is 18.5 Å². The minimum Gasteiger partial charge on any atom is -0.458 e. The summed E-state index contributed by atoms with van der Waals surface area (Å²) in [6.07, 6.45) is 7.27. The highest BCUT2D eigenvalue weighted by molar-refractivity contribution is 5.78. The van der Waals surface area contributed by atoms with Crippen molar-refractivity contribution in [3.8, 4) is 0 Å². The highest BCUT2D eigenvalue weighted by Gasteiger charge is 2.35. The van der Waals surface area contributed by atoms with Crippen LogP contribution in [0.4, 0.5) is 0 Å².